The van der Waals surface area contributed by atoms with Gasteiger partial charge >= 0.3 is 0 Å². The minimum atomic E-state index is 0.702. The summed E-state index contributed by atoms with van der Waals surface area (Å²) in [6.07, 6.45) is 2.20. The molecule has 0 bridgehead atoms. The van der Waals surface area contributed by atoms with Gasteiger partial charge in [-0.05, 0) is 41.0 Å². The second kappa shape index (κ2) is 6.93. The highest BCUT2D eigenvalue weighted by molar-refractivity contribution is 9.10. The molecule has 0 saturated carbocycles. The molecule has 5 nitrogen and oxygen atoms in total. The van der Waals surface area contributed by atoms with Crippen molar-refractivity contribution < 1.29 is 9.47 Å². The first-order valence-electron chi connectivity index (χ1n) is 7.88. The van der Waals surface area contributed by atoms with Crippen LogP contribution in [0.1, 0.15) is 24.6 Å². The quantitative estimate of drug-likeness (QED) is 0.861. The van der Waals surface area contributed by atoms with Crippen LogP contribution in [-0.4, -0.2) is 42.4 Å². The van der Waals surface area contributed by atoms with Crippen LogP contribution in [0.2, 0.25) is 0 Å². The molecule has 3 rings (SSSR count). The summed E-state index contributed by atoms with van der Waals surface area (Å²) in [6, 6.07) is 4.02. The molecule has 0 unspecified atom stereocenters. The van der Waals surface area contributed by atoms with Crippen molar-refractivity contribution in [3.05, 3.63) is 27.9 Å². The molecule has 0 atom stereocenters. The average Bonchev–Trinajstić information content (AvgIpc) is 2.97. The minimum Gasteiger partial charge on any atom is -0.493 e. The maximum Gasteiger partial charge on any atom is 0.174 e. The lowest BCUT2D eigenvalue weighted by Gasteiger charge is -2.26. The van der Waals surface area contributed by atoms with Crippen molar-refractivity contribution in [2.45, 2.75) is 26.3 Å². The number of nitrogens with zero attached hydrogens (tertiary/aromatic N) is 2. The van der Waals surface area contributed by atoms with Crippen LogP contribution in [0.15, 0.2) is 16.6 Å². The van der Waals surface area contributed by atoms with Crippen LogP contribution in [-0.2, 0) is 13.0 Å². The molecule has 0 saturated heterocycles. The summed E-state index contributed by atoms with van der Waals surface area (Å²) < 4.78 is 11.7. The lowest BCUT2D eigenvalue weighted by molar-refractivity contribution is 0.254. The summed E-state index contributed by atoms with van der Waals surface area (Å²) in [6.45, 7) is 5.38. The van der Waals surface area contributed by atoms with Crippen LogP contribution in [0, 0.1) is 0 Å². The molecule has 0 spiro atoms. The van der Waals surface area contributed by atoms with Gasteiger partial charge < -0.3 is 9.47 Å². The number of rotatable bonds is 5. The zero-order chi connectivity index (χ0) is 16.4. The van der Waals surface area contributed by atoms with Crippen molar-refractivity contribution in [2.75, 3.05) is 27.3 Å². The molecule has 2 aromatic rings. The van der Waals surface area contributed by atoms with E-state index >= 15 is 0 Å². The van der Waals surface area contributed by atoms with E-state index in [1.807, 2.05) is 12.1 Å². The first kappa shape index (κ1) is 16.3. The Bertz CT molecular complexity index is 699. The fourth-order valence-electron chi connectivity index (χ4n) is 3.15. The van der Waals surface area contributed by atoms with Crippen LogP contribution in [0.25, 0.3) is 11.3 Å². The first-order chi connectivity index (χ1) is 11.2. The topological polar surface area (TPSA) is 50.4 Å². The predicted molar refractivity (Wildman–Crippen MR) is 94.1 cm³/mol. The van der Waals surface area contributed by atoms with Gasteiger partial charge in [-0.1, -0.05) is 6.92 Å². The Morgan fingerprint density at radius 1 is 1.30 bits per heavy atom. The lowest BCUT2D eigenvalue weighted by Crippen LogP contribution is -2.31. The molecule has 1 aromatic carbocycles. The summed E-state index contributed by atoms with van der Waals surface area (Å²) in [5, 5.41) is 7.77. The van der Waals surface area contributed by atoms with Gasteiger partial charge in [0.25, 0.3) is 0 Å². The summed E-state index contributed by atoms with van der Waals surface area (Å²) in [5.41, 5.74) is 4.58. The van der Waals surface area contributed by atoms with Crippen LogP contribution >= 0.6 is 15.9 Å². The van der Waals surface area contributed by atoms with Crippen molar-refractivity contribution in [1.29, 1.82) is 0 Å². The second-order valence-corrected chi connectivity index (χ2v) is 6.60. The summed E-state index contributed by atoms with van der Waals surface area (Å²) in [7, 11) is 3.29. The second-order valence-electron chi connectivity index (χ2n) is 5.75. The van der Waals surface area contributed by atoms with Gasteiger partial charge in [0, 0.05) is 36.3 Å². The smallest absolute Gasteiger partial charge is 0.174 e. The summed E-state index contributed by atoms with van der Waals surface area (Å²) in [5.74, 6) is 1.41. The number of nitrogens with one attached hydrogen (secondary N) is 1. The highest BCUT2D eigenvalue weighted by Crippen LogP contribution is 2.40. The Morgan fingerprint density at radius 2 is 2.13 bits per heavy atom. The van der Waals surface area contributed by atoms with E-state index in [2.05, 4.69) is 38.0 Å². The molecule has 2 heterocycles. The first-order valence-corrected chi connectivity index (χ1v) is 8.67. The molecule has 1 aromatic heterocycles. The molecule has 23 heavy (non-hydrogen) atoms. The number of aromatic nitrogens is 2. The van der Waals surface area contributed by atoms with Gasteiger partial charge in [-0.2, -0.15) is 5.10 Å². The molecule has 0 radical (unpaired) electrons. The van der Waals surface area contributed by atoms with Gasteiger partial charge in [0.2, 0.25) is 0 Å². The maximum absolute atomic E-state index is 5.46. The third-order valence-corrected chi connectivity index (χ3v) is 4.85. The van der Waals surface area contributed by atoms with E-state index in [-0.39, 0.29) is 0 Å². The van der Waals surface area contributed by atoms with E-state index in [4.69, 9.17) is 9.47 Å². The van der Waals surface area contributed by atoms with Crippen molar-refractivity contribution in [1.82, 2.24) is 15.1 Å². The van der Waals surface area contributed by atoms with Crippen molar-refractivity contribution in [3.63, 3.8) is 0 Å². The van der Waals surface area contributed by atoms with Gasteiger partial charge in [0.1, 0.15) is 0 Å². The Hall–Kier alpha value is -1.53. The monoisotopic (exact) mass is 379 g/mol. The predicted octanol–water partition coefficient (Wildman–Crippen LogP) is 3.62. The van der Waals surface area contributed by atoms with Gasteiger partial charge in [-0.3, -0.25) is 10.00 Å². The third-order valence-electron chi connectivity index (χ3n) is 4.26. The number of benzene rings is 1. The van der Waals surface area contributed by atoms with Crippen LogP contribution in [0.3, 0.4) is 0 Å². The molecule has 1 N–H and O–H groups in total. The number of H-pyrrole nitrogens is 1. The van der Waals surface area contributed by atoms with Crippen LogP contribution in [0.5, 0.6) is 11.5 Å². The lowest BCUT2D eigenvalue weighted by atomic mass is 10.0. The zero-order valence-electron chi connectivity index (χ0n) is 13.8. The SMILES string of the molecule is CCCN1CCc2[nH]nc(-c3cc(Br)c(OC)c(OC)c3)c2C1. The van der Waals surface area contributed by atoms with E-state index in [0.717, 1.165) is 41.8 Å². The van der Waals surface area contributed by atoms with Gasteiger partial charge in [0.05, 0.1) is 24.4 Å². The molecule has 0 amide bonds. The number of fused-ring (bicyclic) bond motifs is 1. The Labute approximate surface area is 145 Å². The highest BCUT2D eigenvalue weighted by atomic mass is 79.9. The standard InChI is InChI=1S/C17H22BrN3O2/c1-4-6-21-7-5-14-12(10-21)16(20-19-14)11-8-13(18)17(23-3)15(9-11)22-2/h8-9H,4-7,10H2,1-3H3,(H,19,20). The highest BCUT2D eigenvalue weighted by Gasteiger charge is 2.23. The van der Waals surface area contributed by atoms with Gasteiger partial charge in [-0.15, -0.1) is 0 Å². The Kier molecular flexibility index (Phi) is 4.92. The van der Waals surface area contributed by atoms with Crippen molar-refractivity contribution in [2.24, 2.45) is 0 Å². The Balaban J connectivity index is 2.01. The van der Waals surface area contributed by atoms with E-state index in [0.29, 0.717) is 11.5 Å². The third kappa shape index (κ3) is 3.10. The minimum absolute atomic E-state index is 0.702. The van der Waals surface area contributed by atoms with Gasteiger partial charge in [0.15, 0.2) is 11.5 Å². The fraction of sp³-hybridized carbons (Fsp3) is 0.471. The number of hydrogen-bond acceptors (Lipinski definition) is 4. The van der Waals surface area contributed by atoms with Gasteiger partial charge in [-0.25, -0.2) is 0 Å². The normalized spacial score (nSPS) is 14.6. The molecule has 0 fully saturated rings. The molecule has 6 heteroatoms. The summed E-state index contributed by atoms with van der Waals surface area (Å²) in [4.78, 5) is 2.48. The summed E-state index contributed by atoms with van der Waals surface area (Å²) >= 11 is 3.56. The van der Waals surface area contributed by atoms with Crippen molar-refractivity contribution in [3.8, 4) is 22.8 Å². The molecular formula is C17H22BrN3O2. The van der Waals surface area contributed by atoms with E-state index < -0.39 is 0 Å². The molecule has 1 aliphatic rings. The fourth-order valence-corrected chi connectivity index (χ4v) is 3.76. The molecular weight excluding hydrogens is 358 g/mol. The number of hydrogen-bond donors (Lipinski definition) is 1. The Morgan fingerprint density at radius 3 is 2.83 bits per heavy atom. The number of halogens is 1. The average molecular weight is 380 g/mol. The van der Waals surface area contributed by atoms with E-state index in [1.54, 1.807) is 14.2 Å². The van der Waals surface area contributed by atoms with E-state index in [1.165, 1.54) is 17.7 Å². The number of aromatic amines is 1. The van der Waals surface area contributed by atoms with Crippen LogP contribution in [0.4, 0.5) is 0 Å². The van der Waals surface area contributed by atoms with Crippen LogP contribution < -0.4 is 9.47 Å². The number of methoxy groups -OCH3 is 2. The molecule has 1 aliphatic heterocycles. The number of ether oxygens (including phenoxy) is 2. The van der Waals surface area contributed by atoms with E-state index in [9.17, 15) is 0 Å². The molecule has 124 valence electrons. The largest absolute Gasteiger partial charge is 0.493 e. The maximum atomic E-state index is 5.46. The molecule has 0 aliphatic carbocycles. The van der Waals surface area contributed by atoms with Crippen molar-refractivity contribution >= 4 is 15.9 Å². The zero-order valence-corrected chi connectivity index (χ0v) is 15.4.